The molecule has 0 aliphatic heterocycles. The number of nitrogens with one attached hydrogen (secondary N) is 1. The molecule has 2 aromatic carbocycles. The third kappa shape index (κ3) is 4.18. The minimum Gasteiger partial charge on any atom is -0.341 e. The van der Waals surface area contributed by atoms with Gasteiger partial charge in [-0.25, -0.2) is 0 Å². The molecule has 1 aromatic heterocycles. The number of thiophene rings is 1. The molecular weight excluding hydrogens is 302 g/mol. The van der Waals surface area contributed by atoms with Gasteiger partial charge in [-0.05, 0) is 28.6 Å². The van der Waals surface area contributed by atoms with Crippen molar-refractivity contribution in [3.05, 3.63) is 100 Å². The van der Waals surface area contributed by atoms with Gasteiger partial charge in [0.05, 0.1) is 6.04 Å². The molecule has 1 N–H and O–H groups in total. The molecule has 114 valence electrons. The Morgan fingerprint density at radius 2 is 1.61 bits per heavy atom. The van der Waals surface area contributed by atoms with Crippen LogP contribution in [0.25, 0.3) is 6.08 Å². The summed E-state index contributed by atoms with van der Waals surface area (Å²) in [5.41, 5.74) is 2.09. The van der Waals surface area contributed by atoms with E-state index in [4.69, 9.17) is 0 Å². The molecule has 0 aliphatic carbocycles. The van der Waals surface area contributed by atoms with Gasteiger partial charge in [0.15, 0.2) is 0 Å². The number of benzene rings is 2. The Bertz CT molecular complexity index is 764. The van der Waals surface area contributed by atoms with Gasteiger partial charge in [-0.3, -0.25) is 4.79 Å². The van der Waals surface area contributed by atoms with Crippen LogP contribution in [-0.4, -0.2) is 5.91 Å². The van der Waals surface area contributed by atoms with Crippen LogP contribution in [0, 0.1) is 0 Å². The Kier molecular flexibility index (Phi) is 5.02. The first-order valence-corrected chi connectivity index (χ1v) is 8.33. The number of amides is 1. The Hall–Kier alpha value is -2.65. The van der Waals surface area contributed by atoms with E-state index >= 15 is 0 Å². The van der Waals surface area contributed by atoms with Crippen LogP contribution in [0.15, 0.2) is 84.3 Å². The maximum Gasteiger partial charge on any atom is 0.244 e. The van der Waals surface area contributed by atoms with Gasteiger partial charge in [0.1, 0.15) is 0 Å². The summed E-state index contributed by atoms with van der Waals surface area (Å²) in [5.74, 6) is -0.101. The molecule has 0 spiro atoms. The first-order valence-electron chi connectivity index (χ1n) is 7.45. The van der Waals surface area contributed by atoms with E-state index < -0.39 is 0 Å². The zero-order chi connectivity index (χ0) is 15.9. The molecule has 0 saturated carbocycles. The normalized spacial score (nSPS) is 12.2. The first kappa shape index (κ1) is 15.3. The minimum atomic E-state index is -0.121. The molecule has 3 aromatic rings. The van der Waals surface area contributed by atoms with E-state index in [9.17, 15) is 4.79 Å². The fourth-order valence-electron chi connectivity index (χ4n) is 2.35. The zero-order valence-electron chi connectivity index (χ0n) is 12.6. The highest BCUT2D eigenvalue weighted by molar-refractivity contribution is 7.10. The third-order valence-electron chi connectivity index (χ3n) is 3.47. The van der Waals surface area contributed by atoms with Crippen LogP contribution < -0.4 is 5.32 Å². The highest BCUT2D eigenvalue weighted by Gasteiger charge is 2.16. The lowest BCUT2D eigenvalue weighted by Crippen LogP contribution is -2.27. The number of hydrogen-bond acceptors (Lipinski definition) is 2. The largest absolute Gasteiger partial charge is 0.341 e. The Balaban J connectivity index is 1.77. The van der Waals surface area contributed by atoms with Crippen LogP contribution >= 0.6 is 11.3 Å². The molecule has 23 heavy (non-hydrogen) atoms. The highest BCUT2D eigenvalue weighted by Crippen LogP contribution is 2.25. The summed E-state index contributed by atoms with van der Waals surface area (Å²) in [7, 11) is 0. The monoisotopic (exact) mass is 319 g/mol. The van der Waals surface area contributed by atoms with Crippen LogP contribution in [-0.2, 0) is 4.79 Å². The van der Waals surface area contributed by atoms with Crippen molar-refractivity contribution < 1.29 is 4.79 Å². The molecule has 1 atom stereocenters. The molecule has 0 bridgehead atoms. The van der Waals surface area contributed by atoms with E-state index in [2.05, 4.69) is 5.32 Å². The van der Waals surface area contributed by atoms with Crippen molar-refractivity contribution in [1.82, 2.24) is 5.32 Å². The maximum absolute atomic E-state index is 12.3. The average Bonchev–Trinajstić information content (AvgIpc) is 3.14. The van der Waals surface area contributed by atoms with Crippen molar-refractivity contribution >= 4 is 23.3 Å². The van der Waals surface area contributed by atoms with Gasteiger partial charge in [0.2, 0.25) is 5.91 Å². The number of carbonyl (C=O) groups excluding carboxylic acids is 1. The Labute approximate surface area is 140 Å². The molecule has 2 nitrogen and oxygen atoms in total. The predicted molar refractivity (Wildman–Crippen MR) is 96.2 cm³/mol. The van der Waals surface area contributed by atoms with Gasteiger partial charge in [-0.2, -0.15) is 0 Å². The van der Waals surface area contributed by atoms with Crippen LogP contribution in [0.5, 0.6) is 0 Å². The fourth-order valence-corrected chi connectivity index (χ4v) is 3.15. The zero-order valence-corrected chi connectivity index (χ0v) is 13.4. The molecule has 0 radical (unpaired) electrons. The molecule has 0 fully saturated rings. The second-order valence-electron chi connectivity index (χ2n) is 5.11. The molecule has 3 heteroatoms. The molecule has 1 heterocycles. The summed E-state index contributed by atoms with van der Waals surface area (Å²) >= 11 is 1.64. The lowest BCUT2D eigenvalue weighted by Gasteiger charge is -2.17. The van der Waals surface area contributed by atoms with Gasteiger partial charge in [-0.1, -0.05) is 66.7 Å². The lowest BCUT2D eigenvalue weighted by atomic mass is 10.1. The maximum atomic E-state index is 12.3. The van der Waals surface area contributed by atoms with E-state index in [0.717, 1.165) is 16.0 Å². The van der Waals surface area contributed by atoms with Crippen molar-refractivity contribution in [3.63, 3.8) is 0 Å². The summed E-state index contributed by atoms with van der Waals surface area (Å²) in [6.07, 6.45) is 3.41. The molecular formula is C20H17NOS. The third-order valence-corrected chi connectivity index (χ3v) is 4.41. The topological polar surface area (TPSA) is 29.1 Å². The van der Waals surface area contributed by atoms with Crippen molar-refractivity contribution in [2.24, 2.45) is 0 Å². The summed E-state index contributed by atoms with van der Waals surface area (Å²) in [5, 5.41) is 5.12. The molecule has 0 aliphatic rings. The van der Waals surface area contributed by atoms with Gasteiger partial charge < -0.3 is 5.32 Å². The molecule has 3 rings (SSSR count). The number of hydrogen-bond donors (Lipinski definition) is 1. The Morgan fingerprint density at radius 3 is 2.26 bits per heavy atom. The highest BCUT2D eigenvalue weighted by atomic mass is 32.1. The summed E-state index contributed by atoms with van der Waals surface area (Å²) in [4.78, 5) is 13.4. The van der Waals surface area contributed by atoms with Gasteiger partial charge in [0, 0.05) is 11.0 Å². The SMILES string of the molecule is O=C(/C=C/c1ccccc1)N[C@H](c1ccccc1)c1cccs1. The fraction of sp³-hybridized carbons (Fsp3) is 0.0500. The van der Waals surface area contributed by atoms with Crippen LogP contribution in [0.2, 0.25) is 0 Å². The second-order valence-corrected chi connectivity index (χ2v) is 6.09. The van der Waals surface area contributed by atoms with Crippen molar-refractivity contribution in [2.45, 2.75) is 6.04 Å². The van der Waals surface area contributed by atoms with Gasteiger partial charge in [0.25, 0.3) is 0 Å². The smallest absolute Gasteiger partial charge is 0.244 e. The first-order chi connectivity index (χ1) is 11.3. The molecule has 1 amide bonds. The van der Waals surface area contributed by atoms with E-state index in [1.807, 2.05) is 84.3 Å². The number of carbonyl (C=O) groups is 1. The van der Waals surface area contributed by atoms with E-state index in [1.54, 1.807) is 17.4 Å². The van der Waals surface area contributed by atoms with Crippen LogP contribution in [0.1, 0.15) is 22.0 Å². The van der Waals surface area contributed by atoms with Crippen LogP contribution in [0.3, 0.4) is 0 Å². The van der Waals surface area contributed by atoms with Crippen LogP contribution in [0.4, 0.5) is 0 Å². The van der Waals surface area contributed by atoms with E-state index in [-0.39, 0.29) is 11.9 Å². The summed E-state index contributed by atoms with van der Waals surface area (Å²) < 4.78 is 0. The standard InChI is InChI=1S/C20H17NOS/c22-19(14-13-16-8-3-1-4-9-16)21-20(18-12-7-15-23-18)17-10-5-2-6-11-17/h1-15,20H,(H,21,22)/b14-13+/t20-/m1/s1. The molecule has 0 saturated heterocycles. The summed E-state index contributed by atoms with van der Waals surface area (Å²) in [6, 6.07) is 23.8. The van der Waals surface area contributed by atoms with Crippen molar-refractivity contribution in [3.8, 4) is 0 Å². The second kappa shape index (κ2) is 7.56. The van der Waals surface area contributed by atoms with Gasteiger partial charge >= 0.3 is 0 Å². The van der Waals surface area contributed by atoms with Gasteiger partial charge in [-0.15, -0.1) is 11.3 Å². The number of rotatable bonds is 5. The minimum absolute atomic E-state index is 0.101. The predicted octanol–water partition coefficient (Wildman–Crippen LogP) is 4.67. The lowest BCUT2D eigenvalue weighted by molar-refractivity contribution is -0.116. The Morgan fingerprint density at radius 1 is 0.913 bits per heavy atom. The molecule has 0 unspecified atom stereocenters. The van der Waals surface area contributed by atoms with E-state index in [0.29, 0.717) is 0 Å². The van der Waals surface area contributed by atoms with E-state index in [1.165, 1.54) is 0 Å². The quantitative estimate of drug-likeness (QED) is 0.680. The van der Waals surface area contributed by atoms with Crippen molar-refractivity contribution in [1.29, 1.82) is 0 Å². The van der Waals surface area contributed by atoms with Crippen molar-refractivity contribution in [2.75, 3.05) is 0 Å². The summed E-state index contributed by atoms with van der Waals surface area (Å²) in [6.45, 7) is 0. The average molecular weight is 319 g/mol.